The molecule has 120 valence electrons. The minimum absolute atomic E-state index is 0.547. The smallest absolute Gasteiger partial charge is 0.334 e. The normalized spacial score (nSPS) is 18.4. The van der Waals surface area contributed by atoms with Crippen LogP contribution < -0.4 is 0 Å². The summed E-state index contributed by atoms with van der Waals surface area (Å²) in [7, 11) is -1.93. The summed E-state index contributed by atoms with van der Waals surface area (Å²) < 4.78 is 17.5. The number of ether oxygens (including phenoxy) is 1. The van der Waals surface area contributed by atoms with Gasteiger partial charge in [-0.1, -0.05) is 26.7 Å². The van der Waals surface area contributed by atoms with E-state index in [-0.39, 0.29) is 0 Å². The van der Waals surface area contributed by atoms with Crippen molar-refractivity contribution in [1.82, 2.24) is 0 Å². The van der Waals surface area contributed by atoms with Gasteiger partial charge in [-0.15, -0.1) is 0 Å². The average molecular weight is 321 g/mol. The first-order valence-electron chi connectivity index (χ1n) is 8.17. The Morgan fingerprint density at radius 1 is 1.10 bits per heavy atom. The highest BCUT2D eigenvalue weighted by Crippen LogP contribution is 2.21. The highest BCUT2D eigenvalue weighted by atomic mass is 32.2. The van der Waals surface area contributed by atoms with Crippen LogP contribution in [0.3, 0.4) is 0 Å². The topological polar surface area (TPSA) is 31.0 Å². The SMILES string of the molecule is CCCCO[Si](C)(CCCSCC1CO1)OCCCC. The second-order valence-electron chi connectivity index (χ2n) is 5.67. The van der Waals surface area contributed by atoms with Gasteiger partial charge in [0.15, 0.2) is 0 Å². The molecule has 0 aromatic rings. The number of hydrogen-bond acceptors (Lipinski definition) is 4. The largest absolute Gasteiger partial charge is 0.394 e. The molecule has 1 unspecified atom stereocenters. The van der Waals surface area contributed by atoms with Crippen LogP contribution in [0, 0.1) is 0 Å². The molecule has 3 nitrogen and oxygen atoms in total. The van der Waals surface area contributed by atoms with Gasteiger partial charge < -0.3 is 13.6 Å². The van der Waals surface area contributed by atoms with Crippen LogP contribution in [-0.2, 0) is 13.6 Å². The molecule has 0 bridgehead atoms. The van der Waals surface area contributed by atoms with Crippen LogP contribution >= 0.6 is 11.8 Å². The van der Waals surface area contributed by atoms with Crippen LogP contribution in [0.25, 0.3) is 0 Å². The monoisotopic (exact) mass is 320 g/mol. The molecular formula is C15H32O3SSi. The molecule has 1 saturated heterocycles. The van der Waals surface area contributed by atoms with Crippen molar-refractivity contribution in [2.75, 3.05) is 31.3 Å². The lowest BCUT2D eigenvalue weighted by atomic mass is 10.4. The summed E-state index contributed by atoms with van der Waals surface area (Å²) in [5, 5.41) is 0. The van der Waals surface area contributed by atoms with Crippen LogP contribution in [-0.4, -0.2) is 46.0 Å². The van der Waals surface area contributed by atoms with Crippen LogP contribution in [0.15, 0.2) is 0 Å². The Morgan fingerprint density at radius 3 is 2.20 bits per heavy atom. The Kier molecular flexibility index (Phi) is 10.2. The number of hydrogen-bond donors (Lipinski definition) is 0. The highest BCUT2D eigenvalue weighted by Gasteiger charge is 2.30. The second kappa shape index (κ2) is 11.1. The molecule has 0 amide bonds. The van der Waals surface area contributed by atoms with E-state index < -0.39 is 8.56 Å². The third kappa shape index (κ3) is 9.40. The molecule has 1 rings (SSSR count). The fraction of sp³-hybridized carbons (Fsp3) is 1.00. The maximum absolute atomic E-state index is 6.14. The third-order valence-electron chi connectivity index (χ3n) is 3.44. The average Bonchev–Trinajstić information content (AvgIpc) is 3.23. The maximum atomic E-state index is 6.14. The lowest BCUT2D eigenvalue weighted by Gasteiger charge is -2.27. The van der Waals surface area contributed by atoms with Crippen LogP contribution in [0.5, 0.6) is 0 Å². The first-order valence-corrected chi connectivity index (χ1v) is 11.8. The van der Waals surface area contributed by atoms with Crippen LogP contribution in [0.1, 0.15) is 46.0 Å². The van der Waals surface area contributed by atoms with E-state index >= 15 is 0 Å². The Morgan fingerprint density at radius 2 is 1.70 bits per heavy atom. The summed E-state index contributed by atoms with van der Waals surface area (Å²) in [5.74, 6) is 2.36. The van der Waals surface area contributed by atoms with E-state index in [1.165, 1.54) is 25.0 Å². The van der Waals surface area contributed by atoms with Gasteiger partial charge in [-0.25, -0.2) is 0 Å². The molecule has 0 spiro atoms. The summed E-state index contributed by atoms with van der Waals surface area (Å²) in [6.45, 7) is 9.36. The molecule has 20 heavy (non-hydrogen) atoms. The molecule has 0 N–H and O–H groups in total. The summed E-state index contributed by atoms with van der Waals surface area (Å²) >= 11 is 2.01. The molecule has 0 aliphatic carbocycles. The van der Waals surface area contributed by atoms with Crippen molar-refractivity contribution >= 4 is 20.3 Å². The Balaban J connectivity index is 2.15. The van der Waals surface area contributed by atoms with Gasteiger partial charge in [0.25, 0.3) is 0 Å². The van der Waals surface area contributed by atoms with E-state index in [1.54, 1.807) is 0 Å². The van der Waals surface area contributed by atoms with E-state index in [0.29, 0.717) is 6.10 Å². The number of unbranched alkanes of at least 4 members (excludes halogenated alkanes) is 2. The maximum Gasteiger partial charge on any atom is 0.334 e. The molecule has 0 aromatic carbocycles. The van der Waals surface area contributed by atoms with Crippen molar-refractivity contribution in [3.05, 3.63) is 0 Å². The van der Waals surface area contributed by atoms with E-state index in [1.807, 2.05) is 11.8 Å². The molecule has 0 aromatic heterocycles. The number of thioether (sulfide) groups is 1. The van der Waals surface area contributed by atoms with Crippen molar-refractivity contribution in [3.8, 4) is 0 Å². The minimum atomic E-state index is -1.93. The summed E-state index contributed by atoms with van der Waals surface area (Å²) in [5.41, 5.74) is 0. The van der Waals surface area contributed by atoms with E-state index in [0.717, 1.165) is 44.5 Å². The molecule has 1 heterocycles. The van der Waals surface area contributed by atoms with Crippen LogP contribution in [0.4, 0.5) is 0 Å². The molecule has 1 atom stereocenters. The summed E-state index contributed by atoms with van der Waals surface area (Å²) in [6, 6.07) is 1.12. The summed E-state index contributed by atoms with van der Waals surface area (Å²) in [6.07, 6.45) is 6.43. The van der Waals surface area contributed by atoms with Crippen LogP contribution in [0.2, 0.25) is 12.6 Å². The van der Waals surface area contributed by atoms with Crippen molar-refractivity contribution in [3.63, 3.8) is 0 Å². The van der Waals surface area contributed by atoms with Gasteiger partial charge in [-0.2, -0.15) is 11.8 Å². The van der Waals surface area contributed by atoms with Gasteiger partial charge in [-0.3, -0.25) is 0 Å². The van der Waals surface area contributed by atoms with E-state index in [2.05, 4.69) is 20.4 Å². The van der Waals surface area contributed by atoms with E-state index in [9.17, 15) is 0 Å². The zero-order valence-corrected chi connectivity index (χ0v) is 15.3. The quantitative estimate of drug-likeness (QED) is 0.272. The Hall–Kier alpha value is 0.447. The predicted octanol–water partition coefficient (Wildman–Crippen LogP) is 4.21. The highest BCUT2D eigenvalue weighted by molar-refractivity contribution is 7.99. The summed E-state index contributed by atoms with van der Waals surface area (Å²) in [4.78, 5) is 0. The third-order valence-corrected chi connectivity index (χ3v) is 7.51. The van der Waals surface area contributed by atoms with Crippen molar-refractivity contribution in [1.29, 1.82) is 0 Å². The predicted molar refractivity (Wildman–Crippen MR) is 89.8 cm³/mol. The number of epoxide rings is 1. The zero-order chi connectivity index (χ0) is 14.7. The molecule has 1 aliphatic heterocycles. The first kappa shape index (κ1) is 18.5. The lowest BCUT2D eigenvalue weighted by Crippen LogP contribution is -2.39. The number of rotatable bonds is 14. The van der Waals surface area contributed by atoms with Crippen molar-refractivity contribution in [2.24, 2.45) is 0 Å². The van der Waals surface area contributed by atoms with E-state index in [4.69, 9.17) is 13.6 Å². The Labute approximate surface area is 130 Å². The van der Waals surface area contributed by atoms with Gasteiger partial charge in [0, 0.05) is 19.0 Å². The lowest BCUT2D eigenvalue weighted by molar-refractivity contribution is 0.168. The van der Waals surface area contributed by atoms with Crippen molar-refractivity contribution in [2.45, 2.75) is 64.6 Å². The first-order chi connectivity index (χ1) is 9.70. The fourth-order valence-electron chi connectivity index (χ4n) is 1.93. The fourth-order valence-corrected chi connectivity index (χ4v) is 5.50. The van der Waals surface area contributed by atoms with Gasteiger partial charge in [-0.05, 0) is 37.6 Å². The second-order valence-corrected chi connectivity index (χ2v) is 10.2. The van der Waals surface area contributed by atoms with Gasteiger partial charge in [0.1, 0.15) is 0 Å². The molecule has 1 aliphatic rings. The van der Waals surface area contributed by atoms with Gasteiger partial charge in [0.2, 0.25) is 0 Å². The minimum Gasteiger partial charge on any atom is -0.394 e. The molecule has 1 fully saturated rings. The van der Waals surface area contributed by atoms with Gasteiger partial charge >= 0.3 is 8.56 Å². The molecule has 0 saturated carbocycles. The standard InChI is InChI=1S/C15H32O3SSi/c1-4-6-9-17-20(3,18-10-7-5-2)12-8-11-19-14-15-13-16-15/h15H,4-14H2,1-3H3. The molecule has 5 heteroatoms. The van der Waals surface area contributed by atoms with Crippen molar-refractivity contribution < 1.29 is 13.6 Å². The van der Waals surface area contributed by atoms with Gasteiger partial charge in [0.05, 0.1) is 12.7 Å². The molecule has 0 radical (unpaired) electrons. The zero-order valence-electron chi connectivity index (χ0n) is 13.5. The molecular weight excluding hydrogens is 288 g/mol. The Bertz CT molecular complexity index is 227.